The molecule has 0 spiro atoms. The van der Waals surface area contributed by atoms with Gasteiger partial charge in [0.25, 0.3) is 5.69 Å². The summed E-state index contributed by atoms with van der Waals surface area (Å²) >= 11 is 0. The molecule has 16 heavy (non-hydrogen) atoms. The van der Waals surface area contributed by atoms with Gasteiger partial charge in [-0.15, -0.1) is 0 Å². The van der Waals surface area contributed by atoms with Crippen LogP contribution in [-0.2, 0) is 6.54 Å². The largest absolute Gasteiger partial charge is 0.298 e. The van der Waals surface area contributed by atoms with E-state index in [4.69, 9.17) is 5.26 Å². The Balaban J connectivity index is 2.56. The average molecular weight is 219 g/mol. The molecular formula is C11H13N3O2. The molecule has 1 aromatic rings. The predicted octanol–water partition coefficient (Wildman–Crippen LogP) is 1.99. The Labute approximate surface area is 93.9 Å². The Morgan fingerprint density at radius 1 is 1.50 bits per heavy atom. The van der Waals surface area contributed by atoms with Gasteiger partial charge in [-0.2, -0.15) is 5.26 Å². The van der Waals surface area contributed by atoms with Gasteiger partial charge in [0.2, 0.25) is 0 Å². The van der Waals surface area contributed by atoms with E-state index in [-0.39, 0.29) is 11.7 Å². The second kappa shape index (κ2) is 5.83. The van der Waals surface area contributed by atoms with Crippen molar-refractivity contribution in [2.45, 2.75) is 25.9 Å². The molecule has 0 aromatic heterocycles. The molecule has 5 heteroatoms. The van der Waals surface area contributed by atoms with Crippen molar-refractivity contribution in [1.82, 2.24) is 5.32 Å². The zero-order valence-electron chi connectivity index (χ0n) is 9.01. The van der Waals surface area contributed by atoms with Crippen LogP contribution >= 0.6 is 0 Å². The van der Waals surface area contributed by atoms with Gasteiger partial charge in [-0.05, 0) is 12.0 Å². The van der Waals surface area contributed by atoms with Crippen molar-refractivity contribution in [2.24, 2.45) is 0 Å². The summed E-state index contributed by atoms with van der Waals surface area (Å²) in [5.41, 5.74) is 1.01. The summed E-state index contributed by atoms with van der Waals surface area (Å²) in [6.07, 6.45) is 0.740. The summed E-state index contributed by atoms with van der Waals surface area (Å²) in [5, 5.41) is 22.2. The van der Waals surface area contributed by atoms with E-state index in [2.05, 4.69) is 11.4 Å². The lowest BCUT2D eigenvalue weighted by Gasteiger charge is -2.08. The topological polar surface area (TPSA) is 79.0 Å². The third kappa shape index (κ3) is 3.33. The number of rotatable bonds is 5. The molecule has 0 aliphatic carbocycles. The maximum absolute atomic E-state index is 10.4. The smallest absolute Gasteiger partial charge is 0.269 e. The molecule has 0 fully saturated rings. The van der Waals surface area contributed by atoms with Crippen LogP contribution in [0.3, 0.4) is 0 Å². The fourth-order valence-corrected chi connectivity index (χ4v) is 1.26. The van der Waals surface area contributed by atoms with Gasteiger partial charge in [0, 0.05) is 18.7 Å². The van der Waals surface area contributed by atoms with Crippen LogP contribution in [0.25, 0.3) is 0 Å². The first kappa shape index (κ1) is 12.1. The van der Waals surface area contributed by atoms with E-state index in [9.17, 15) is 10.1 Å². The van der Waals surface area contributed by atoms with Crippen molar-refractivity contribution in [1.29, 1.82) is 5.26 Å². The number of nitriles is 1. The third-order valence-electron chi connectivity index (χ3n) is 2.26. The van der Waals surface area contributed by atoms with Crippen molar-refractivity contribution >= 4 is 5.69 Å². The lowest BCUT2D eigenvalue weighted by Crippen LogP contribution is -2.25. The minimum Gasteiger partial charge on any atom is -0.298 e. The zero-order valence-corrected chi connectivity index (χ0v) is 9.01. The second-order valence-electron chi connectivity index (χ2n) is 3.39. The highest BCUT2D eigenvalue weighted by Gasteiger charge is 2.05. The van der Waals surface area contributed by atoms with Gasteiger partial charge in [0.05, 0.1) is 17.0 Å². The summed E-state index contributed by atoms with van der Waals surface area (Å²) in [6, 6.07) is 8.27. The molecule has 0 heterocycles. The van der Waals surface area contributed by atoms with E-state index in [1.165, 1.54) is 12.1 Å². The molecule has 0 saturated carbocycles. The molecule has 0 radical (unpaired) electrons. The van der Waals surface area contributed by atoms with E-state index in [0.29, 0.717) is 6.54 Å². The predicted molar refractivity (Wildman–Crippen MR) is 59.6 cm³/mol. The Morgan fingerprint density at radius 2 is 2.12 bits per heavy atom. The standard InChI is InChI=1S/C11H13N3O2/c1-2-10(7-12)13-8-9-3-5-11(6-4-9)14(15)16/h3-6,10,13H,2,8H2,1H3. The van der Waals surface area contributed by atoms with Crippen LogP contribution in [0, 0.1) is 21.4 Å². The molecule has 0 aliphatic rings. The number of nitro benzene ring substituents is 1. The highest BCUT2D eigenvalue weighted by atomic mass is 16.6. The summed E-state index contributed by atoms with van der Waals surface area (Å²) in [7, 11) is 0. The summed E-state index contributed by atoms with van der Waals surface area (Å²) in [6.45, 7) is 2.47. The van der Waals surface area contributed by atoms with Gasteiger partial charge in [0.15, 0.2) is 0 Å². The normalized spacial score (nSPS) is 11.8. The maximum atomic E-state index is 10.4. The van der Waals surface area contributed by atoms with E-state index < -0.39 is 4.92 Å². The number of hydrogen-bond donors (Lipinski definition) is 1. The minimum atomic E-state index is -0.429. The SMILES string of the molecule is CCC(C#N)NCc1ccc([N+](=O)[O-])cc1. The van der Waals surface area contributed by atoms with Crippen molar-refractivity contribution in [3.05, 3.63) is 39.9 Å². The molecule has 0 aliphatic heterocycles. The average Bonchev–Trinajstić information content (AvgIpc) is 2.31. The van der Waals surface area contributed by atoms with Crippen LogP contribution in [0.4, 0.5) is 5.69 Å². The molecule has 1 N–H and O–H groups in total. The van der Waals surface area contributed by atoms with E-state index in [0.717, 1.165) is 12.0 Å². The van der Waals surface area contributed by atoms with Crippen molar-refractivity contribution in [3.8, 4) is 6.07 Å². The van der Waals surface area contributed by atoms with Gasteiger partial charge in [-0.25, -0.2) is 0 Å². The number of nitrogens with zero attached hydrogens (tertiary/aromatic N) is 2. The summed E-state index contributed by atoms with van der Waals surface area (Å²) < 4.78 is 0. The number of nitrogens with one attached hydrogen (secondary N) is 1. The molecule has 0 bridgehead atoms. The van der Waals surface area contributed by atoms with Crippen LogP contribution in [0.15, 0.2) is 24.3 Å². The molecular weight excluding hydrogens is 206 g/mol. The number of non-ortho nitro benzene ring substituents is 1. The molecule has 84 valence electrons. The van der Waals surface area contributed by atoms with Crippen molar-refractivity contribution in [2.75, 3.05) is 0 Å². The number of benzene rings is 1. The lowest BCUT2D eigenvalue weighted by atomic mass is 10.2. The number of hydrogen-bond acceptors (Lipinski definition) is 4. The Hall–Kier alpha value is -1.93. The van der Waals surface area contributed by atoms with Gasteiger partial charge < -0.3 is 0 Å². The first-order valence-corrected chi connectivity index (χ1v) is 5.03. The fraction of sp³-hybridized carbons (Fsp3) is 0.364. The van der Waals surface area contributed by atoms with Gasteiger partial charge in [-0.1, -0.05) is 19.1 Å². The van der Waals surface area contributed by atoms with Gasteiger partial charge in [-0.3, -0.25) is 15.4 Å². The van der Waals surface area contributed by atoms with Crippen molar-refractivity contribution in [3.63, 3.8) is 0 Å². The van der Waals surface area contributed by atoms with E-state index >= 15 is 0 Å². The van der Waals surface area contributed by atoms with Gasteiger partial charge >= 0.3 is 0 Å². The Kier molecular flexibility index (Phi) is 4.42. The molecule has 0 saturated heterocycles. The Morgan fingerprint density at radius 3 is 2.56 bits per heavy atom. The highest BCUT2D eigenvalue weighted by molar-refractivity contribution is 5.32. The molecule has 1 aromatic carbocycles. The van der Waals surface area contributed by atoms with E-state index in [1.807, 2.05) is 6.92 Å². The minimum absolute atomic E-state index is 0.0797. The maximum Gasteiger partial charge on any atom is 0.269 e. The van der Waals surface area contributed by atoms with Gasteiger partial charge in [0.1, 0.15) is 0 Å². The first-order valence-electron chi connectivity index (χ1n) is 5.03. The molecule has 1 atom stereocenters. The van der Waals surface area contributed by atoms with Crippen LogP contribution in [0.1, 0.15) is 18.9 Å². The van der Waals surface area contributed by atoms with Crippen molar-refractivity contribution < 1.29 is 4.92 Å². The fourth-order valence-electron chi connectivity index (χ4n) is 1.26. The lowest BCUT2D eigenvalue weighted by molar-refractivity contribution is -0.384. The summed E-state index contributed by atoms with van der Waals surface area (Å²) in [4.78, 5) is 9.99. The van der Waals surface area contributed by atoms with Crippen LogP contribution in [0.5, 0.6) is 0 Å². The zero-order chi connectivity index (χ0) is 12.0. The molecule has 1 unspecified atom stereocenters. The van der Waals surface area contributed by atoms with Crippen LogP contribution in [-0.4, -0.2) is 11.0 Å². The molecule has 0 amide bonds. The van der Waals surface area contributed by atoms with Crippen LogP contribution < -0.4 is 5.32 Å². The number of nitro groups is 1. The van der Waals surface area contributed by atoms with E-state index in [1.54, 1.807) is 12.1 Å². The second-order valence-corrected chi connectivity index (χ2v) is 3.39. The van der Waals surface area contributed by atoms with Crippen LogP contribution in [0.2, 0.25) is 0 Å². The Bertz CT molecular complexity index is 395. The first-order chi connectivity index (χ1) is 7.67. The quantitative estimate of drug-likeness (QED) is 0.606. The molecule has 1 rings (SSSR count). The third-order valence-corrected chi connectivity index (χ3v) is 2.26. The molecule has 5 nitrogen and oxygen atoms in total. The highest BCUT2D eigenvalue weighted by Crippen LogP contribution is 2.11. The summed E-state index contributed by atoms with van der Waals surface area (Å²) in [5.74, 6) is 0. The monoisotopic (exact) mass is 219 g/mol.